The molecule has 0 saturated heterocycles. The van der Waals surface area contributed by atoms with Crippen LogP contribution < -0.4 is 11.1 Å². The van der Waals surface area contributed by atoms with Gasteiger partial charge in [0.25, 0.3) is 0 Å². The van der Waals surface area contributed by atoms with E-state index in [-0.39, 0.29) is 5.91 Å². The molecule has 0 aromatic rings. The Hall–Kier alpha value is -0.570. The van der Waals surface area contributed by atoms with Gasteiger partial charge in [0.15, 0.2) is 0 Å². The monoisotopic (exact) mass is 254 g/mol. The van der Waals surface area contributed by atoms with Gasteiger partial charge >= 0.3 is 0 Å². The maximum Gasteiger partial charge on any atom is 0.227 e. The fourth-order valence-corrected chi connectivity index (χ4v) is 2.72. The SMILES string of the molecule is CC1CC(C)CC(NC(=O)C(C)(C)C(C)(C)N)C1. The van der Waals surface area contributed by atoms with Gasteiger partial charge in [-0.15, -0.1) is 0 Å². The zero-order valence-electron chi connectivity index (χ0n) is 12.8. The number of hydrogen-bond donors (Lipinski definition) is 2. The van der Waals surface area contributed by atoms with Crippen molar-refractivity contribution in [2.75, 3.05) is 0 Å². The van der Waals surface area contributed by atoms with Crippen molar-refractivity contribution in [1.82, 2.24) is 5.32 Å². The van der Waals surface area contributed by atoms with Crippen molar-refractivity contribution in [3.05, 3.63) is 0 Å². The summed E-state index contributed by atoms with van der Waals surface area (Å²) in [5.74, 6) is 1.49. The predicted molar refractivity (Wildman–Crippen MR) is 76.2 cm³/mol. The molecule has 0 spiro atoms. The van der Waals surface area contributed by atoms with Crippen molar-refractivity contribution in [1.29, 1.82) is 0 Å². The summed E-state index contributed by atoms with van der Waals surface area (Å²) in [4.78, 5) is 12.4. The molecule has 3 heteroatoms. The molecule has 1 aliphatic carbocycles. The van der Waals surface area contributed by atoms with Gasteiger partial charge in [-0.1, -0.05) is 13.8 Å². The topological polar surface area (TPSA) is 55.1 Å². The first kappa shape index (κ1) is 15.5. The molecule has 0 aromatic carbocycles. The largest absolute Gasteiger partial charge is 0.353 e. The van der Waals surface area contributed by atoms with Crippen LogP contribution in [0.4, 0.5) is 0 Å². The first-order valence-electron chi connectivity index (χ1n) is 7.14. The van der Waals surface area contributed by atoms with Crippen LogP contribution in [0.25, 0.3) is 0 Å². The van der Waals surface area contributed by atoms with Gasteiger partial charge in [-0.25, -0.2) is 0 Å². The fourth-order valence-electron chi connectivity index (χ4n) is 2.72. The average molecular weight is 254 g/mol. The van der Waals surface area contributed by atoms with Crippen LogP contribution in [0, 0.1) is 17.3 Å². The van der Waals surface area contributed by atoms with Gasteiger partial charge in [0.2, 0.25) is 5.91 Å². The summed E-state index contributed by atoms with van der Waals surface area (Å²) in [6.45, 7) is 12.2. The molecular weight excluding hydrogens is 224 g/mol. The predicted octanol–water partition coefficient (Wildman–Crippen LogP) is 2.69. The molecule has 0 aliphatic heterocycles. The maximum atomic E-state index is 12.4. The summed E-state index contributed by atoms with van der Waals surface area (Å²) in [6, 6.07) is 0.317. The Morgan fingerprint density at radius 1 is 1.06 bits per heavy atom. The number of rotatable bonds is 3. The number of nitrogens with two attached hydrogens (primary N) is 1. The molecule has 1 rings (SSSR count). The lowest BCUT2D eigenvalue weighted by Gasteiger charge is -2.40. The molecule has 18 heavy (non-hydrogen) atoms. The van der Waals surface area contributed by atoms with E-state index in [2.05, 4.69) is 19.2 Å². The van der Waals surface area contributed by atoms with Gasteiger partial charge in [0.05, 0.1) is 5.41 Å². The summed E-state index contributed by atoms with van der Waals surface area (Å²) >= 11 is 0. The lowest BCUT2D eigenvalue weighted by molar-refractivity contribution is -0.133. The molecule has 1 amide bonds. The van der Waals surface area contributed by atoms with Crippen molar-refractivity contribution >= 4 is 5.91 Å². The standard InChI is InChI=1S/C15H30N2O/c1-10-7-11(2)9-12(8-10)17-13(18)14(3,4)15(5,6)16/h10-12H,7-9,16H2,1-6H3,(H,17,18). The minimum absolute atomic E-state index is 0.0845. The second-order valence-corrected chi connectivity index (χ2v) is 7.43. The van der Waals surface area contributed by atoms with Crippen LogP contribution in [-0.2, 0) is 4.79 Å². The zero-order valence-corrected chi connectivity index (χ0v) is 12.8. The quantitative estimate of drug-likeness (QED) is 0.813. The Morgan fingerprint density at radius 2 is 1.50 bits per heavy atom. The highest BCUT2D eigenvalue weighted by molar-refractivity contribution is 5.83. The number of carbonyl (C=O) groups is 1. The minimum Gasteiger partial charge on any atom is -0.353 e. The third-order valence-electron chi connectivity index (χ3n) is 4.69. The third kappa shape index (κ3) is 3.47. The van der Waals surface area contributed by atoms with E-state index in [0.29, 0.717) is 17.9 Å². The molecule has 3 nitrogen and oxygen atoms in total. The Bertz CT molecular complexity index is 294. The van der Waals surface area contributed by atoms with E-state index in [9.17, 15) is 4.79 Å². The van der Waals surface area contributed by atoms with Gasteiger partial charge in [-0.05, 0) is 58.8 Å². The Morgan fingerprint density at radius 3 is 1.89 bits per heavy atom. The molecule has 1 saturated carbocycles. The Kier molecular flexibility index (Phi) is 4.47. The molecule has 3 N–H and O–H groups in total. The summed E-state index contributed by atoms with van der Waals surface area (Å²) < 4.78 is 0. The molecule has 0 bridgehead atoms. The van der Waals surface area contributed by atoms with E-state index in [1.807, 2.05) is 27.7 Å². The molecule has 0 radical (unpaired) electrons. The smallest absolute Gasteiger partial charge is 0.227 e. The van der Waals surface area contributed by atoms with E-state index in [4.69, 9.17) is 5.73 Å². The first-order valence-corrected chi connectivity index (χ1v) is 7.14. The van der Waals surface area contributed by atoms with Crippen LogP contribution in [0.2, 0.25) is 0 Å². The number of hydrogen-bond acceptors (Lipinski definition) is 2. The summed E-state index contributed by atoms with van der Waals surface area (Å²) in [5.41, 5.74) is 5.06. The normalized spacial score (nSPS) is 30.1. The van der Waals surface area contributed by atoms with Crippen molar-refractivity contribution in [2.24, 2.45) is 23.0 Å². The molecule has 1 aliphatic rings. The number of nitrogens with one attached hydrogen (secondary N) is 1. The highest BCUT2D eigenvalue weighted by Crippen LogP contribution is 2.32. The zero-order chi connectivity index (χ0) is 14.1. The summed E-state index contributed by atoms with van der Waals surface area (Å²) in [6.07, 6.45) is 3.46. The van der Waals surface area contributed by atoms with Gasteiger partial charge in [0.1, 0.15) is 0 Å². The molecule has 106 valence electrons. The van der Waals surface area contributed by atoms with Crippen LogP contribution in [0.3, 0.4) is 0 Å². The second kappa shape index (κ2) is 5.20. The highest BCUT2D eigenvalue weighted by atomic mass is 16.2. The molecule has 1 fully saturated rings. The van der Waals surface area contributed by atoms with Crippen LogP contribution in [-0.4, -0.2) is 17.5 Å². The molecular formula is C15H30N2O. The van der Waals surface area contributed by atoms with Crippen LogP contribution in [0.15, 0.2) is 0 Å². The van der Waals surface area contributed by atoms with Crippen molar-refractivity contribution in [3.63, 3.8) is 0 Å². The van der Waals surface area contributed by atoms with Crippen molar-refractivity contribution in [2.45, 2.75) is 72.4 Å². The highest BCUT2D eigenvalue weighted by Gasteiger charge is 2.41. The van der Waals surface area contributed by atoms with Gasteiger partial charge < -0.3 is 11.1 Å². The molecule has 2 atom stereocenters. The first-order chi connectivity index (χ1) is 8.04. The summed E-state index contributed by atoms with van der Waals surface area (Å²) in [7, 11) is 0. The average Bonchev–Trinajstić information content (AvgIpc) is 2.13. The second-order valence-electron chi connectivity index (χ2n) is 7.43. The van der Waals surface area contributed by atoms with E-state index in [1.165, 1.54) is 6.42 Å². The van der Waals surface area contributed by atoms with Crippen molar-refractivity contribution in [3.8, 4) is 0 Å². The van der Waals surface area contributed by atoms with Crippen LogP contribution in [0.1, 0.15) is 60.8 Å². The van der Waals surface area contributed by atoms with E-state index < -0.39 is 11.0 Å². The molecule has 2 unspecified atom stereocenters. The van der Waals surface area contributed by atoms with Gasteiger partial charge in [0, 0.05) is 11.6 Å². The van der Waals surface area contributed by atoms with Gasteiger partial charge in [-0.2, -0.15) is 0 Å². The fraction of sp³-hybridized carbons (Fsp3) is 0.933. The Labute approximate surface area is 112 Å². The maximum absolute atomic E-state index is 12.4. The Balaban J connectivity index is 2.65. The molecule has 0 heterocycles. The number of carbonyl (C=O) groups excluding carboxylic acids is 1. The van der Waals surface area contributed by atoms with E-state index in [1.54, 1.807) is 0 Å². The minimum atomic E-state index is -0.545. The lowest BCUT2D eigenvalue weighted by atomic mass is 9.73. The van der Waals surface area contributed by atoms with Gasteiger partial charge in [-0.3, -0.25) is 4.79 Å². The van der Waals surface area contributed by atoms with E-state index in [0.717, 1.165) is 12.8 Å². The van der Waals surface area contributed by atoms with Crippen LogP contribution >= 0.6 is 0 Å². The van der Waals surface area contributed by atoms with E-state index >= 15 is 0 Å². The number of amides is 1. The third-order valence-corrected chi connectivity index (χ3v) is 4.69. The van der Waals surface area contributed by atoms with Crippen LogP contribution in [0.5, 0.6) is 0 Å². The lowest BCUT2D eigenvalue weighted by Crippen LogP contribution is -2.57. The van der Waals surface area contributed by atoms with Crippen molar-refractivity contribution < 1.29 is 4.79 Å². The summed E-state index contributed by atoms with van der Waals surface area (Å²) in [5, 5.41) is 3.21. The molecule has 0 aromatic heterocycles.